The molecule has 0 spiro atoms. The van der Waals surface area contributed by atoms with Gasteiger partial charge in [0.1, 0.15) is 6.04 Å². The normalized spacial score (nSPS) is 12.9. The van der Waals surface area contributed by atoms with Crippen LogP contribution in [0.1, 0.15) is 32.3 Å². The number of hydrogen-bond acceptors (Lipinski definition) is 6. The van der Waals surface area contributed by atoms with Crippen LogP contribution < -0.4 is 14.8 Å². The van der Waals surface area contributed by atoms with Crippen molar-refractivity contribution in [2.24, 2.45) is 11.8 Å². The molecule has 0 heterocycles. The Bertz CT molecular complexity index is 648. The summed E-state index contributed by atoms with van der Waals surface area (Å²) in [7, 11) is 4.49. The highest BCUT2D eigenvalue weighted by atomic mass is 16.5. The van der Waals surface area contributed by atoms with Crippen molar-refractivity contribution >= 4 is 12.1 Å². The molecule has 1 rings (SSSR count). The van der Waals surface area contributed by atoms with Crippen LogP contribution in [0, 0.1) is 11.8 Å². The van der Waals surface area contributed by atoms with Crippen molar-refractivity contribution in [3.63, 3.8) is 0 Å². The molecule has 1 aromatic carbocycles. The van der Waals surface area contributed by atoms with Gasteiger partial charge in [0, 0.05) is 20.1 Å². The fourth-order valence-electron chi connectivity index (χ4n) is 3.05. The van der Waals surface area contributed by atoms with E-state index in [1.54, 1.807) is 14.2 Å². The van der Waals surface area contributed by atoms with E-state index in [0.717, 1.165) is 12.0 Å². The van der Waals surface area contributed by atoms with Crippen molar-refractivity contribution in [2.75, 3.05) is 34.5 Å². The first-order valence-electron chi connectivity index (χ1n) is 9.68. The zero-order chi connectivity index (χ0) is 21.8. The van der Waals surface area contributed by atoms with Crippen LogP contribution in [0.25, 0.3) is 0 Å². The van der Waals surface area contributed by atoms with E-state index in [4.69, 9.17) is 24.1 Å². The Kier molecular flexibility index (Phi) is 10.9. The first kappa shape index (κ1) is 24.6. The van der Waals surface area contributed by atoms with Gasteiger partial charge in [0.05, 0.1) is 20.8 Å². The Morgan fingerprint density at radius 3 is 2.38 bits per heavy atom. The molecule has 0 saturated carbocycles. The lowest BCUT2D eigenvalue weighted by atomic mass is 9.84. The molecule has 1 aromatic rings. The second-order valence-electron chi connectivity index (χ2n) is 7.15. The van der Waals surface area contributed by atoms with Crippen molar-refractivity contribution in [2.45, 2.75) is 39.2 Å². The lowest BCUT2D eigenvalue weighted by molar-refractivity contribution is -0.143. The molecule has 0 unspecified atom stereocenters. The van der Waals surface area contributed by atoms with E-state index in [1.165, 1.54) is 7.11 Å². The molecule has 0 aliphatic rings. The maximum absolute atomic E-state index is 12.0. The van der Waals surface area contributed by atoms with Crippen molar-refractivity contribution in [3.8, 4) is 11.5 Å². The third-order valence-corrected chi connectivity index (χ3v) is 4.74. The molecule has 2 atom stereocenters. The predicted octanol–water partition coefficient (Wildman–Crippen LogP) is 3.12. The molecular weight excluding hydrogens is 378 g/mol. The number of nitrogens with one attached hydrogen (secondary N) is 1. The molecule has 29 heavy (non-hydrogen) atoms. The highest BCUT2D eigenvalue weighted by Crippen LogP contribution is 2.31. The van der Waals surface area contributed by atoms with Crippen molar-refractivity contribution < 1.29 is 33.6 Å². The van der Waals surface area contributed by atoms with Gasteiger partial charge in [0.25, 0.3) is 0 Å². The average Bonchev–Trinajstić information content (AvgIpc) is 2.69. The van der Waals surface area contributed by atoms with E-state index in [9.17, 15) is 9.59 Å². The number of carbonyl (C=O) groups is 2. The molecule has 164 valence electrons. The van der Waals surface area contributed by atoms with Gasteiger partial charge in [-0.3, -0.25) is 0 Å². The number of methoxy groups -OCH3 is 3. The minimum atomic E-state index is -1.25. The number of ether oxygens (including phenoxy) is 4. The first-order chi connectivity index (χ1) is 13.8. The van der Waals surface area contributed by atoms with Gasteiger partial charge in [0.15, 0.2) is 11.5 Å². The zero-order valence-corrected chi connectivity index (χ0v) is 17.9. The van der Waals surface area contributed by atoms with Gasteiger partial charge in [0.2, 0.25) is 0 Å². The second kappa shape index (κ2) is 12.9. The van der Waals surface area contributed by atoms with Gasteiger partial charge in [-0.05, 0) is 42.4 Å². The Morgan fingerprint density at radius 1 is 1.10 bits per heavy atom. The molecule has 1 amide bonds. The van der Waals surface area contributed by atoms with Crippen LogP contribution in [0.4, 0.5) is 4.79 Å². The fraction of sp³-hybridized carbons (Fsp3) is 0.619. The minimum absolute atomic E-state index is 0.0562. The lowest BCUT2D eigenvalue weighted by Gasteiger charge is -2.25. The molecule has 0 aromatic heterocycles. The monoisotopic (exact) mass is 411 g/mol. The van der Waals surface area contributed by atoms with Crippen LogP contribution in [0.3, 0.4) is 0 Å². The van der Waals surface area contributed by atoms with Gasteiger partial charge in [-0.1, -0.05) is 19.9 Å². The average molecular weight is 411 g/mol. The summed E-state index contributed by atoms with van der Waals surface area (Å²) in [5.74, 6) is 0.991. The minimum Gasteiger partial charge on any atom is -0.493 e. The molecule has 8 nitrogen and oxygen atoms in total. The fourth-order valence-corrected chi connectivity index (χ4v) is 3.05. The summed E-state index contributed by atoms with van der Waals surface area (Å²) in [6.45, 7) is 5.22. The van der Waals surface area contributed by atoms with E-state index in [-0.39, 0.29) is 11.8 Å². The summed E-state index contributed by atoms with van der Waals surface area (Å²) < 4.78 is 21.0. The van der Waals surface area contributed by atoms with Gasteiger partial charge in [-0.25, -0.2) is 9.59 Å². The summed E-state index contributed by atoms with van der Waals surface area (Å²) in [4.78, 5) is 23.0. The van der Waals surface area contributed by atoms with Gasteiger partial charge in [-0.2, -0.15) is 0 Å². The third-order valence-electron chi connectivity index (χ3n) is 4.74. The second-order valence-corrected chi connectivity index (χ2v) is 7.15. The summed E-state index contributed by atoms with van der Waals surface area (Å²) in [5, 5.41) is 11.3. The smallest absolute Gasteiger partial charge is 0.405 e. The Balaban J connectivity index is 2.93. The van der Waals surface area contributed by atoms with Gasteiger partial charge in [-0.15, -0.1) is 0 Å². The largest absolute Gasteiger partial charge is 0.493 e. The Labute approximate surface area is 172 Å². The lowest BCUT2D eigenvalue weighted by Crippen LogP contribution is -2.42. The van der Waals surface area contributed by atoms with Gasteiger partial charge < -0.3 is 29.4 Å². The molecule has 2 N–H and O–H groups in total. The molecule has 8 heteroatoms. The molecule has 0 saturated heterocycles. The number of amides is 1. The van der Waals surface area contributed by atoms with E-state index >= 15 is 0 Å². The van der Waals surface area contributed by atoms with E-state index in [2.05, 4.69) is 5.32 Å². The van der Waals surface area contributed by atoms with Crippen LogP contribution >= 0.6 is 0 Å². The predicted molar refractivity (Wildman–Crippen MR) is 109 cm³/mol. The standard InChI is InChI=1S/C21H33NO7/c1-14(2)16(13-17(20(23)28-5)22-21(24)25)11-15-7-8-18(27-4)19(12-15)29-10-6-9-26-3/h7-8,12,14,16-17,22H,6,9-11,13H2,1-5H3,(H,24,25)/t16-,17+/m1/s1. The molecular formula is C21H33NO7. The van der Waals surface area contributed by atoms with E-state index in [1.807, 2.05) is 32.0 Å². The molecule has 0 aliphatic heterocycles. The molecule has 0 bridgehead atoms. The number of carbonyl (C=O) groups excluding carboxylic acids is 1. The number of benzene rings is 1. The highest BCUT2D eigenvalue weighted by Gasteiger charge is 2.27. The van der Waals surface area contributed by atoms with Crippen LogP contribution in [-0.2, 0) is 20.7 Å². The van der Waals surface area contributed by atoms with Crippen LogP contribution in [0.2, 0.25) is 0 Å². The quantitative estimate of drug-likeness (QED) is 0.380. The molecule has 0 fully saturated rings. The maximum atomic E-state index is 12.0. The first-order valence-corrected chi connectivity index (χ1v) is 9.68. The number of esters is 1. The van der Waals surface area contributed by atoms with E-state index < -0.39 is 18.1 Å². The van der Waals surface area contributed by atoms with Crippen LogP contribution in [-0.4, -0.2) is 57.8 Å². The summed E-state index contributed by atoms with van der Waals surface area (Å²) in [6, 6.07) is 4.83. The Morgan fingerprint density at radius 2 is 1.83 bits per heavy atom. The summed E-state index contributed by atoms with van der Waals surface area (Å²) in [6.07, 6.45) is 0.511. The third kappa shape index (κ3) is 8.60. The van der Waals surface area contributed by atoms with Crippen LogP contribution in [0.15, 0.2) is 18.2 Å². The van der Waals surface area contributed by atoms with E-state index in [0.29, 0.717) is 37.6 Å². The highest BCUT2D eigenvalue weighted by molar-refractivity contribution is 5.80. The summed E-state index contributed by atoms with van der Waals surface area (Å²) in [5.41, 5.74) is 1.02. The zero-order valence-electron chi connectivity index (χ0n) is 17.9. The SMILES string of the molecule is COCCCOc1cc(C[C@H](C[C@H](NC(=O)O)C(=O)OC)C(C)C)ccc1OC. The van der Waals surface area contributed by atoms with Crippen molar-refractivity contribution in [1.29, 1.82) is 0 Å². The Hall–Kier alpha value is -2.48. The summed E-state index contributed by atoms with van der Waals surface area (Å²) >= 11 is 0. The van der Waals surface area contributed by atoms with Gasteiger partial charge >= 0.3 is 12.1 Å². The number of carboxylic acid groups (broad SMARTS) is 1. The molecule has 0 radical (unpaired) electrons. The molecule has 0 aliphatic carbocycles. The number of rotatable bonds is 13. The number of hydrogen-bond donors (Lipinski definition) is 2. The maximum Gasteiger partial charge on any atom is 0.405 e. The van der Waals surface area contributed by atoms with Crippen LogP contribution in [0.5, 0.6) is 11.5 Å². The topological polar surface area (TPSA) is 103 Å². The van der Waals surface area contributed by atoms with Crippen molar-refractivity contribution in [1.82, 2.24) is 5.32 Å². The van der Waals surface area contributed by atoms with Crippen molar-refractivity contribution in [3.05, 3.63) is 23.8 Å².